The third kappa shape index (κ3) is 5.24. The van der Waals surface area contributed by atoms with Crippen LogP contribution in [-0.2, 0) is 17.9 Å². The average Bonchev–Trinajstić information content (AvgIpc) is 3.34. The number of nitrogens with one attached hydrogen (secondary N) is 1. The Bertz CT molecular complexity index is 1350. The van der Waals surface area contributed by atoms with Crippen LogP contribution in [-0.4, -0.2) is 34.5 Å². The monoisotopic (exact) mass is 497 g/mol. The molecular weight excluding hydrogens is 466 g/mol. The van der Waals surface area contributed by atoms with E-state index in [1.165, 1.54) is 15.9 Å². The van der Waals surface area contributed by atoms with Crippen molar-refractivity contribution in [2.75, 3.05) is 7.11 Å². The second-order valence-corrected chi connectivity index (χ2v) is 10.4. The molecule has 1 aliphatic carbocycles. The molecule has 0 unspecified atom stereocenters. The molecule has 186 valence electrons. The van der Waals surface area contributed by atoms with Gasteiger partial charge in [0.1, 0.15) is 16.7 Å². The zero-order chi connectivity index (χ0) is 25.1. The van der Waals surface area contributed by atoms with Crippen LogP contribution < -0.4 is 21.3 Å². The van der Waals surface area contributed by atoms with Gasteiger partial charge in [-0.25, -0.2) is 4.79 Å². The Labute approximate surface area is 207 Å². The van der Waals surface area contributed by atoms with Crippen LogP contribution in [0.4, 0.5) is 0 Å². The summed E-state index contributed by atoms with van der Waals surface area (Å²) < 4.78 is 8.90. The minimum atomic E-state index is -0.376. The lowest BCUT2D eigenvalue weighted by Gasteiger charge is -2.28. The van der Waals surface area contributed by atoms with Crippen LogP contribution in [0.2, 0.25) is 0 Å². The SMILES string of the molecule is COc1ccc(C=O)cc1Cn1c(=O)n(CC2CCC(C(=O)NC(C)C)CC2)c(=O)c2sccc21. The lowest BCUT2D eigenvalue weighted by molar-refractivity contribution is -0.126. The molecule has 1 aliphatic rings. The van der Waals surface area contributed by atoms with Crippen LogP contribution >= 0.6 is 11.3 Å². The van der Waals surface area contributed by atoms with Crippen molar-refractivity contribution >= 4 is 33.7 Å². The lowest BCUT2D eigenvalue weighted by atomic mass is 9.81. The van der Waals surface area contributed by atoms with Gasteiger partial charge in [0.05, 0.1) is 19.2 Å². The molecule has 2 heterocycles. The van der Waals surface area contributed by atoms with E-state index < -0.39 is 0 Å². The van der Waals surface area contributed by atoms with E-state index in [-0.39, 0.29) is 41.6 Å². The summed E-state index contributed by atoms with van der Waals surface area (Å²) in [6.45, 7) is 4.41. The van der Waals surface area contributed by atoms with Gasteiger partial charge in [-0.2, -0.15) is 0 Å². The summed E-state index contributed by atoms with van der Waals surface area (Å²) in [5.74, 6) is 0.799. The van der Waals surface area contributed by atoms with Crippen LogP contribution in [0.5, 0.6) is 5.75 Å². The number of hydrogen-bond acceptors (Lipinski definition) is 6. The van der Waals surface area contributed by atoms with Crippen molar-refractivity contribution in [3.8, 4) is 5.75 Å². The quantitative estimate of drug-likeness (QED) is 0.481. The maximum absolute atomic E-state index is 13.6. The van der Waals surface area contributed by atoms with Crippen molar-refractivity contribution in [1.82, 2.24) is 14.5 Å². The van der Waals surface area contributed by atoms with Gasteiger partial charge in [-0.05, 0) is 75.1 Å². The zero-order valence-electron chi connectivity index (χ0n) is 20.3. The normalized spacial score (nSPS) is 18.1. The Morgan fingerprint density at radius 1 is 1.17 bits per heavy atom. The number of benzene rings is 1. The molecule has 0 radical (unpaired) electrons. The van der Waals surface area contributed by atoms with Crippen LogP contribution in [0.1, 0.15) is 55.5 Å². The van der Waals surface area contributed by atoms with Crippen molar-refractivity contribution in [2.24, 2.45) is 11.8 Å². The van der Waals surface area contributed by atoms with Crippen LogP contribution in [0.25, 0.3) is 10.2 Å². The van der Waals surface area contributed by atoms with Gasteiger partial charge in [0.15, 0.2) is 0 Å². The van der Waals surface area contributed by atoms with E-state index in [9.17, 15) is 19.2 Å². The molecule has 1 N–H and O–H groups in total. The maximum atomic E-state index is 13.6. The number of nitrogens with zero attached hydrogens (tertiary/aromatic N) is 2. The number of thiophene rings is 1. The lowest BCUT2D eigenvalue weighted by Crippen LogP contribution is -2.42. The molecule has 0 atom stereocenters. The molecule has 0 spiro atoms. The summed E-state index contributed by atoms with van der Waals surface area (Å²) in [5.41, 5.74) is 1.10. The van der Waals surface area contributed by atoms with Crippen molar-refractivity contribution in [2.45, 2.75) is 58.7 Å². The number of carbonyl (C=O) groups is 2. The molecule has 3 aromatic rings. The van der Waals surface area contributed by atoms with Crippen molar-refractivity contribution in [1.29, 1.82) is 0 Å². The maximum Gasteiger partial charge on any atom is 0.331 e. The molecule has 9 heteroatoms. The summed E-state index contributed by atoms with van der Waals surface area (Å²) in [4.78, 5) is 50.5. The largest absolute Gasteiger partial charge is 0.496 e. The van der Waals surface area contributed by atoms with E-state index in [1.54, 1.807) is 35.9 Å². The molecule has 1 aromatic carbocycles. The fourth-order valence-corrected chi connectivity index (χ4v) is 5.72. The van der Waals surface area contributed by atoms with Crippen molar-refractivity contribution in [3.63, 3.8) is 0 Å². The standard InChI is InChI=1S/C26H31N3O5S/c1-16(2)27-24(31)19-7-4-17(5-8-19)13-29-25(32)23-21(10-11-35-23)28(26(29)33)14-20-12-18(15-30)6-9-22(20)34-3/h6,9-12,15-17,19H,4-5,7-8,13-14H2,1-3H3,(H,27,31). The highest BCUT2D eigenvalue weighted by atomic mass is 32.1. The van der Waals surface area contributed by atoms with Crippen LogP contribution in [0.15, 0.2) is 39.2 Å². The van der Waals surface area contributed by atoms with E-state index in [1.807, 2.05) is 19.2 Å². The molecule has 0 aliphatic heterocycles. The number of aldehydes is 1. The molecule has 2 aromatic heterocycles. The molecule has 8 nitrogen and oxygen atoms in total. The van der Waals surface area contributed by atoms with E-state index in [4.69, 9.17) is 4.74 Å². The summed E-state index contributed by atoms with van der Waals surface area (Å²) in [6, 6.07) is 6.97. The summed E-state index contributed by atoms with van der Waals surface area (Å²) in [5, 5.41) is 4.79. The summed E-state index contributed by atoms with van der Waals surface area (Å²) >= 11 is 1.32. The third-order valence-electron chi connectivity index (χ3n) is 6.69. The molecular formula is C26H31N3O5S. The van der Waals surface area contributed by atoms with Gasteiger partial charge in [-0.15, -0.1) is 11.3 Å². The number of amides is 1. The van der Waals surface area contributed by atoms with Crippen molar-refractivity contribution in [3.05, 3.63) is 61.6 Å². The number of fused-ring (bicyclic) bond motifs is 1. The second kappa shape index (κ2) is 10.6. The van der Waals surface area contributed by atoms with Crippen molar-refractivity contribution < 1.29 is 14.3 Å². The predicted molar refractivity (Wildman–Crippen MR) is 137 cm³/mol. The van der Waals surface area contributed by atoms with Gasteiger partial charge in [-0.3, -0.25) is 23.5 Å². The Balaban J connectivity index is 1.63. The molecule has 1 amide bonds. The zero-order valence-corrected chi connectivity index (χ0v) is 21.1. The second-order valence-electron chi connectivity index (χ2n) is 9.49. The molecule has 35 heavy (non-hydrogen) atoms. The molecule has 1 saturated carbocycles. The Kier molecular flexibility index (Phi) is 7.54. The van der Waals surface area contributed by atoms with E-state index >= 15 is 0 Å². The van der Waals surface area contributed by atoms with Gasteiger partial charge in [0.2, 0.25) is 5.91 Å². The third-order valence-corrected chi connectivity index (χ3v) is 7.59. The Hall–Kier alpha value is -3.20. The highest BCUT2D eigenvalue weighted by Crippen LogP contribution is 2.30. The highest BCUT2D eigenvalue weighted by molar-refractivity contribution is 7.17. The predicted octanol–water partition coefficient (Wildman–Crippen LogP) is 3.43. The number of hydrogen-bond donors (Lipinski definition) is 1. The number of carbonyl (C=O) groups excluding carboxylic acids is 2. The van der Waals surface area contributed by atoms with Gasteiger partial charge < -0.3 is 10.1 Å². The fourth-order valence-electron chi connectivity index (χ4n) is 4.88. The molecule has 0 saturated heterocycles. The summed E-state index contributed by atoms with van der Waals surface area (Å²) in [7, 11) is 1.54. The minimum absolute atomic E-state index is 0.0145. The van der Waals surface area contributed by atoms with Crippen LogP contribution in [0, 0.1) is 11.8 Å². The number of ether oxygens (including phenoxy) is 1. The van der Waals surface area contributed by atoms with Gasteiger partial charge in [0, 0.05) is 29.6 Å². The Morgan fingerprint density at radius 2 is 1.91 bits per heavy atom. The summed E-state index contributed by atoms with van der Waals surface area (Å²) in [6.07, 6.45) is 3.84. The van der Waals surface area contributed by atoms with Gasteiger partial charge >= 0.3 is 5.69 Å². The van der Waals surface area contributed by atoms with E-state index in [0.29, 0.717) is 33.6 Å². The molecule has 1 fully saturated rings. The minimum Gasteiger partial charge on any atom is -0.496 e. The van der Waals surface area contributed by atoms with Gasteiger partial charge in [0.25, 0.3) is 5.56 Å². The smallest absolute Gasteiger partial charge is 0.331 e. The first-order valence-electron chi connectivity index (χ1n) is 12.0. The first-order chi connectivity index (χ1) is 16.8. The first-order valence-corrected chi connectivity index (χ1v) is 12.8. The highest BCUT2D eigenvalue weighted by Gasteiger charge is 2.28. The molecule has 0 bridgehead atoms. The topological polar surface area (TPSA) is 99.4 Å². The molecule has 4 rings (SSSR count). The number of methoxy groups -OCH3 is 1. The van der Waals surface area contributed by atoms with Crippen LogP contribution in [0.3, 0.4) is 0 Å². The number of aromatic nitrogens is 2. The van der Waals surface area contributed by atoms with Gasteiger partial charge in [-0.1, -0.05) is 0 Å². The Morgan fingerprint density at radius 3 is 2.57 bits per heavy atom. The average molecular weight is 498 g/mol. The fraction of sp³-hybridized carbons (Fsp3) is 0.462. The first kappa shape index (κ1) is 24.9. The van der Waals surface area contributed by atoms with E-state index in [0.717, 1.165) is 32.0 Å². The number of rotatable bonds is 8. The van der Waals surface area contributed by atoms with E-state index in [2.05, 4.69) is 5.32 Å².